The molecule has 3 aliphatic heterocycles. The van der Waals surface area contributed by atoms with Crippen LogP contribution in [0.1, 0.15) is 43.1 Å². The van der Waals surface area contributed by atoms with Crippen LogP contribution in [0.2, 0.25) is 0 Å². The molecule has 23 heavy (non-hydrogen) atoms. The molecule has 0 spiro atoms. The van der Waals surface area contributed by atoms with Crippen molar-refractivity contribution in [1.82, 2.24) is 14.8 Å². The van der Waals surface area contributed by atoms with E-state index >= 15 is 0 Å². The number of nitrogens with one attached hydrogen (secondary N) is 1. The smallest absolute Gasteiger partial charge is 0.252 e. The van der Waals surface area contributed by atoms with Crippen molar-refractivity contribution in [3.63, 3.8) is 0 Å². The predicted molar refractivity (Wildman–Crippen MR) is 92.7 cm³/mol. The Kier molecular flexibility index (Phi) is 3.64. The van der Waals surface area contributed by atoms with E-state index in [-0.39, 0.29) is 5.91 Å². The molecule has 0 radical (unpaired) electrons. The lowest BCUT2D eigenvalue weighted by Gasteiger charge is -2.44. The van der Waals surface area contributed by atoms with E-state index < -0.39 is 0 Å². The molecule has 4 heterocycles. The van der Waals surface area contributed by atoms with E-state index in [2.05, 4.69) is 47.0 Å². The van der Waals surface area contributed by atoms with Gasteiger partial charge in [-0.25, -0.2) is 0 Å². The lowest BCUT2D eigenvalue weighted by atomic mass is 9.84. The van der Waals surface area contributed by atoms with E-state index in [4.69, 9.17) is 0 Å². The zero-order valence-corrected chi connectivity index (χ0v) is 14.0. The minimum atomic E-state index is 0.0795. The van der Waals surface area contributed by atoms with E-state index in [9.17, 15) is 4.79 Å². The van der Waals surface area contributed by atoms with Gasteiger partial charge in [-0.05, 0) is 63.9 Å². The van der Waals surface area contributed by atoms with Crippen LogP contribution in [-0.2, 0) is 0 Å². The minimum absolute atomic E-state index is 0.0795. The Morgan fingerprint density at radius 3 is 2.65 bits per heavy atom. The summed E-state index contributed by atoms with van der Waals surface area (Å²) in [5, 5.41) is 4.36. The van der Waals surface area contributed by atoms with Crippen LogP contribution in [0.15, 0.2) is 30.5 Å². The van der Waals surface area contributed by atoms with Gasteiger partial charge in [-0.15, -0.1) is 0 Å². The van der Waals surface area contributed by atoms with Crippen LogP contribution >= 0.6 is 0 Å². The summed E-state index contributed by atoms with van der Waals surface area (Å²) in [7, 11) is 0. The van der Waals surface area contributed by atoms with Gasteiger partial charge in [-0.2, -0.15) is 0 Å². The monoisotopic (exact) mass is 311 g/mol. The number of rotatable bonds is 3. The summed E-state index contributed by atoms with van der Waals surface area (Å²) < 4.78 is 2.22. The van der Waals surface area contributed by atoms with Crippen molar-refractivity contribution in [2.75, 3.05) is 19.6 Å². The average molecular weight is 311 g/mol. The molecule has 1 amide bonds. The summed E-state index contributed by atoms with van der Waals surface area (Å²) in [4.78, 5) is 15.3. The topological polar surface area (TPSA) is 37.3 Å². The van der Waals surface area contributed by atoms with Gasteiger partial charge in [0, 0.05) is 41.3 Å². The molecule has 0 unspecified atom stereocenters. The quantitative estimate of drug-likeness (QED) is 0.946. The number of nitrogens with zero attached hydrogens (tertiary/aromatic N) is 2. The third-order valence-corrected chi connectivity index (χ3v) is 5.54. The van der Waals surface area contributed by atoms with Gasteiger partial charge < -0.3 is 14.8 Å². The number of fused-ring (bicyclic) bond motifs is 4. The van der Waals surface area contributed by atoms with E-state index in [0.717, 1.165) is 23.0 Å². The van der Waals surface area contributed by atoms with Crippen LogP contribution in [0.25, 0.3) is 10.9 Å². The zero-order chi connectivity index (χ0) is 16.0. The number of amides is 1. The first kappa shape index (κ1) is 14.8. The Morgan fingerprint density at radius 2 is 2.00 bits per heavy atom. The molecule has 1 atom stereocenters. The van der Waals surface area contributed by atoms with E-state index in [1.165, 1.54) is 25.9 Å². The van der Waals surface area contributed by atoms with Crippen molar-refractivity contribution in [2.45, 2.75) is 38.8 Å². The van der Waals surface area contributed by atoms with Gasteiger partial charge in [-0.3, -0.25) is 4.79 Å². The van der Waals surface area contributed by atoms with Crippen molar-refractivity contribution in [2.24, 2.45) is 5.92 Å². The molecule has 1 aromatic heterocycles. The Hall–Kier alpha value is -1.81. The molecule has 1 N–H and O–H groups in total. The van der Waals surface area contributed by atoms with Crippen LogP contribution in [0.4, 0.5) is 0 Å². The third kappa shape index (κ3) is 2.55. The fourth-order valence-corrected chi connectivity index (χ4v) is 4.21. The van der Waals surface area contributed by atoms with Gasteiger partial charge in [0.15, 0.2) is 0 Å². The Bertz CT molecular complexity index is 725. The highest BCUT2D eigenvalue weighted by atomic mass is 16.1. The highest BCUT2D eigenvalue weighted by Gasteiger charge is 2.35. The minimum Gasteiger partial charge on any atom is -0.348 e. The second-order valence-corrected chi connectivity index (χ2v) is 7.27. The van der Waals surface area contributed by atoms with Crippen molar-refractivity contribution in [3.05, 3.63) is 36.0 Å². The van der Waals surface area contributed by atoms with E-state index in [1.54, 1.807) is 0 Å². The second kappa shape index (κ2) is 5.68. The fourth-order valence-electron chi connectivity index (χ4n) is 4.21. The maximum Gasteiger partial charge on any atom is 0.252 e. The summed E-state index contributed by atoms with van der Waals surface area (Å²) in [6, 6.07) is 8.82. The maximum absolute atomic E-state index is 12.8. The van der Waals surface area contributed by atoms with Gasteiger partial charge in [0.05, 0.1) is 0 Å². The normalized spacial score (nSPS) is 26.8. The van der Waals surface area contributed by atoms with Gasteiger partial charge in [-0.1, -0.05) is 6.07 Å². The molecule has 3 fully saturated rings. The molecule has 122 valence electrons. The lowest BCUT2D eigenvalue weighted by molar-refractivity contribution is 0.0621. The molecule has 4 nitrogen and oxygen atoms in total. The van der Waals surface area contributed by atoms with Crippen LogP contribution < -0.4 is 5.32 Å². The second-order valence-electron chi connectivity index (χ2n) is 7.27. The molecule has 0 aliphatic carbocycles. The summed E-state index contributed by atoms with van der Waals surface area (Å²) in [6.07, 6.45) is 4.53. The number of hydrogen-bond donors (Lipinski definition) is 1. The molecule has 4 heteroatoms. The molecule has 1 aromatic carbocycles. The van der Waals surface area contributed by atoms with Crippen LogP contribution in [0.5, 0.6) is 0 Å². The van der Waals surface area contributed by atoms with Crippen molar-refractivity contribution in [3.8, 4) is 0 Å². The molecule has 3 aliphatic rings. The van der Waals surface area contributed by atoms with Crippen LogP contribution in [0.3, 0.4) is 0 Å². The first-order chi connectivity index (χ1) is 11.1. The van der Waals surface area contributed by atoms with E-state index in [0.29, 0.717) is 18.0 Å². The van der Waals surface area contributed by atoms with Crippen LogP contribution in [-0.4, -0.2) is 41.1 Å². The Morgan fingerprint density at radius 1 is 1.22 bits per heavy atom. The number of aromatic nitrogens is 1. The number of benzene rings is 1. The van der Waals surface area contributed by atoms with Crippen LogP contribution in [0, 0.1) is 5.92 Å². The van der Waals surface area contributed by atoms with E-state index in [1.807, 2.05) is 12.1 Å². The Balaban J connectivity index is 1.60. The summed E-state index contributed by atoms with van der Waals surface area (Å²) >= 11 is 0. The average Bonchev–Trinajstić information content (AvgIpc) is 3.00. The molecule has 0 saturated carbocycles. The molecular formula is C19H25N3O. The first-order valence-electron chi connectivity index (χ1n) is 8.76. The highest BCUT2D eigenvalue weighted by Crippen LogP contribution is 2.28. The van der Waals surface area contributed by atoms with Gasteiger partial charge in [0.25, 0.3) is 5.91 Å². The number of hydrogen-bond acceptors (Lipinski definition) is 2. The molecule has 2 bridgehead atoms. The van der Waals surface area contributed by atoms with Gasteiger partial charge in [0.2, 0.25) is 0 Å². The summed E-state index contributed by atoms with van der Waals surface area (Å²) in [6.45, 7) is 7.74. The number of piperidine rings is 3. The third-order valence-electron chi connectivity index (χ3n) is 5.54. The molecule has 5 rings (SSSR count). The fraction of sp³-hybridized carbons (Fsp3) is 0.526. The SMILES string of the molecule is CC(C)n1ccc2c(C(=O)N[C@H]3CN4CCC3CC4)cccc21. The largest absolute Gasteiger partial charge is 0.348 e. The standard InChI is InChI=1S/C19H25N3O/c1-13(2)22-11-8-15-16(4-3-5-18(15)22)19(23)20-17-12-21-9-6-14(17)7-10-21/h3-5,8,11,13-14,17H,6-7,9-10,12H2,1-2H3,(H,20,23)/t17-/m0/s1. The Labute approximate surface area is 137 Å². The van der Waals surface area contributed by atoms with Gasteiger partial charge >= 0.3 is 0 Å². The molecule has 2 aromatic rings. The summed E-state index contributed by atoms with van der Waals surface area (Å²) in [5.41, 5.74) is 1.94. The predicted octanol–water partition coefficient (Wildman–Crippen LogP) is 3.05. The van der Waals surface area contributed by atoms with Crippen molar-refractivity contribution >= 4 is 16.8 Å². The first-order valence-corrected chi connectivity index (χ1v) is 8.76. The van der Waals surface area contributed by atoms with Crippen molar-refractivity contribution in [1.29, 1.82) is 0 Å². The summed E-state index contributed by atoms with van der Waals surface area (Å²) in [5.74, 6) is 0.735. The van der Waals surface area contributed by atoms with Crippen molar-refractivity contribution < 1.29 is 4.79 Å². The molecular weight excluding hydrogens is 286 g/mol. The number of carbonyl (C=O) groups excluding carboxylic acids is 1. The van der Waals surface area contributed by atoms with Gasteiger partial charge in [0.1, 0.15) is 0 Å². The highest BCUT2D eigenvalue weighted by molar-refractivity contribution is 6.06. The maximum atomic E-state index is 12.8. The number of carbonyl (C=O) groups is 1. The molecule has 3 saturated heterocycles. The zero-order valence-electron chi connectivity index (χ0n) is 14.0. The lowest BCUT2D eigenvalue weighted by Crippen LogP contribution is -2.57.